The Kier molecular flexibility index (Phi) is 3.76. The van der Waals surface area contributed by atoms with E-state index < -0.39 is 0 Å². The molecule has 98 valence electrons. The molecule has 1 aliphatic heterocycles. The van der Waals surface area contributed by atoms with E-state index in [1.54, 1.807) is 0 Å². The van der Waals surface area contributed by atoms with Crippen LogP contribution in [0.15, 0.2) is 12.4 Å². The number of primary amides is 1. The number of carbonyl (C=O) groups is 1. The molecular weight excluding hydrogens is 230 g/mol. The van der Waals surface area contributed by atoms with E-state index in [0.29, 0.717) is 0 Å². The lowest BCUT2D eigenvalue weighted by Crippen LogP contribution is -2.53. The van der Waals surface area contributed by atoms with E-state index in [1.165, 1.54) is 0 Å². The van der Waals surface area contributed by atoms with Gasteiger partial charge in [0.25, 0.3) is 0 Å². The zero-order valence-corrected chi connectivity index (χ0v) is 10.8. The summed E-state index contributed by atoms with van der Waals surface area (Å²) in [6, 6.07) is -0.203. The van der Waals surface area contributed by atoms with Crippen LogP contribution in [0.4, 0.5) is 5.95 Å². The van der Waals surface area contributed by atoms with Crippen molar-refractivity contribution in [2.24, 2.45) is 5.73 Å². The number of anilines is 1. The first-order chi connectivity index (χ1) is 8.58. The third-order valence-electron chi connectivity index (χ3n) is 3.32. The van der Waals surface area contributed by atoms with Crippen molar-refractivity contribution in [1.82, 2.24) is 14.9 Å². The van der Waals surface area contributed by atoms with Crippen molar-refractivity contribution in [2.45, 2.75) is 19.9 Å². The predicted molar refractivity (Wildman–Crippen MR) is 69.2 cm³/mol. The number of rotatable bonds is 3. The molecule has 1 fully saturated rings. The summed E-state index contributed by atoms with van der Waals surface area (Å²) in [5, 5.41) is 0. The zero-order valence-electron chi connectivity index (χ0n) is 10.8. The second-order valence-corrected chi connectivity index (χ2v) is 4.66. The van der Waals surface area contributed by atoms with Gasteiger partial charge in [-0.2, -0.15) is 0 Å². The standard InChI is InChI=1S/C12H19N5O/c1-9-7-14-12(15-8-9)17-5-3-16(4-6-17)10(2)11(13)18/h7-8,10H,3-6H2,1-2H3,(H2,13,18). The average molecular weight is 249 g/mol. The van der Waals surface area contributed by atoms with E-state index in [0.717, 1.165) is 37.7 Å². The fraction of sp³-hybridized carbons (Fsp3) is 0.583. The van der Waals surface area contributed by atoms with Gasteiger partial charge < -0.3 is 10.6 Å². The molecule has 1 unspecified atom stereocenters. The molecule has 1 saturated heterocycles. The minimum absolute atomic E-state index is 0.203. The van der Waals surface area contributed by atoms with E-state index in [4.69, 9.17) is 5.73 Å². The van der Waals surface area contributed by atoms with Crippen molar-refractivity contribution in [3.8, 4) is 0 Å². The van der Waals surface area contributed by atoms with Gasteiger partial charge in [0.05, 0.1) is 6.04 Å². The Labute approximate surface area is 107 Å². The van der Waals surface area contributed by atoms with Crippen molar-refractivity contribution in [1.29, 1.82) is 0 Å². The number of nitrogens with zero attached hydrogens (tertiary/aromatic N) is 4. The van der Waals surface area contributed by atoms with Crippen molar-refractivity contribution in [3.63, 3.8) is 0 Å². The van der Waals surface area contributed by atoms with E-state index in [2.05, 4.69) is 19.8 Å². The molecule has 1 amide bonds. The molecule has 2 N–H and O–H groups in total. The molecule has 2 rings (SSSR count). The molecule has 1 atom stereocenters. The maximum atomic E-state index is 11.1. The van der Waals surface area contributed by atoms with Crippen LogP contribution in [0, 0.1) is 6.92 Å². The molecule has 1 aliphatic rings. The zero-order chi connectivity index (χ0) is 13.1. The van der Waals surface area contributed by atoms with Crippen molar-refractivity contribution < 1.29 is 4.79 Å². The van der Waals surface area contributed by atoms with Gasteiger partial charge in [-0.25, -0.2) is 9.97 Å². The quantitative estimate of drug-likeness (QED) is 0.801. The Bertz CT molecular complexity index is 411. The predicted octanol–water partition coefficient (Wildman–Crippen LogP) is -0.219. The summed E-state index contributed by atoms with van der Waals surface area (Å²) in [5.74, 6) is 0.488. The summed E-state index contributed by atoms with van der Waals surface area (Å²) in [5.41, 5.74) is 6.37. The number of hydrogen-bond acceptors (Lipinski definition) is 5. The smallest absolute Gasteiger partial charge is 0.234 e. The first-order valence-corrected chi connectivity index (χ1v) is 6.15. The Morgan fingerprint density at radius 1 is 1.28 bits per heavy atom. The SMILES string of the molecule is Cc1cnc(N2CCN(C(C)C(N)=O)CC2)nc1. The van der Waals surface area contributed by atoms with Gasteiger partial charge in [0.1, 0.15) is 0 Å². The van der Waals surface area contributed by atoms with Crippen LogP contribution >= 0.6 is 0 Å². The topological polar surface area (TPSA) is 75.3 Å². The summed E-state index contributed by atoms with van der Waals surface area (Å²) >= 11 is 0. The fourth-order valence-electron chi connectivity index (χ4n) is 2.04. The van der Waals surface area contributed by atoms with Crippen LogP contribution in [0.1, 0.15) is 12.5 Å². The van der Waals surface area contributed by atoms with Gasteiger partial charge >= 0.3 is 0 Å². The van der Waals surface area contributed by atoms with Crippen LogP contribution < -0.4 is 10.6 Å². The highest BCUT2D eigenvalue weighted by Gasteiger charge is 2.24. The fourth-order valence-corrected chi connectivity index (χ4v) is 2.04. The van der Waals surface area contributed by atoms with Gasteiger partial charge in [0.15, 0.2) is 0 Å². The monoisotopic (exact) mass is 249 g/mol. The third-order valence-corrected chi connectivity index (χ3v) is 3.32. The second-order valence-electron chi connectivity index (χ2n) is 4.66. The molecule has 0 radical (unpaired) electrons. The number of piperazine rings is 1. The normalized spacial score (nSPS) is 18.7. The highest BCUT2D eigenvalue weighted by Crippen LogP contribution is 2.12. The molecule has 0 aromatic carbocycles. The third kappa shape index (κ3) is 2.76. The average Bonchev–Trinajstić information content (AvgIpc) is 2.39. The summed E-state index contributed by atoms with van der Waals surface area (Å²) in [4.78, 5) is 24.0. The molecule has 18 heavy (non-hydrogen) atoms. The van der Waals surface area contributed by atoms with Crippen LogP contribution in [-0.2, 0) is 4.79 Å². The molecule has 1 aromatic rings. The molecule has 2 heterocycles. The Balaban J connectivity index is 1.94. The number of amides is 1. The minimum atomic E-state index is -0.268. The lowest BCUT2D eigenvalue weighted by Gasteiger charge is -2.36. The molecule has 0 bridgehead atoms. The first-order valence-electron chi connectivity index (χ1n) is 6.15. The summed E-state index contributed by atoms with van der Waals surface area (Å²) < 4.78 is 0. The Morgan fingerprint density at radius 3 is 2.33 bits per heavy atom. The second kappa shape index (κ2) is 5.30. The molecule has 0 aliphatic carbocycles. The van der Waals surface area contributed by atoms with Gasteiger partial charge in [-0.3, -0.25) is 9.69 Å². The molecule has 0 saturated carbocycles. The lowest BCUT2D eigenvalue weighted by molar-refractivity contribution is -0.122. The number of nitrogens with two attached hydrogens (primary N) is 1. The maximum Gasteiger partial charge on any atom is 0.234 e. The highest BCUT2D eigenvalue weighted by atomic mass is 16.1. The van der Waals surface area contributed by atoms with E-state index in [1.807, 2.05) is 26.2 Å². The van der Waals surface area contributed by atoms with Gasteiger partial charge in [0.2, 0.25) is 11.9 Å². The van der Waals surface area contributed by atoms with Crippen molar-refractivity contribution in [2.75, 3.05) is 31.1 Å². The summed E-state index contributed by atoms with van der Waals surface area (Å²) in [6.45, 7) is 7.07. The van der Waals surface area contributed by atoms with E-state index >= 15 is 0 Å². The van der Waals surface area contributed by atoms with Gasteiger partial charge in [-0.15, -0.1) is 0 Å². The van der Waals surface area contributed by atoms with Gasteiger partial charge in [-0.05, 0) is 19.4 Å². The van der Waals surface area contributed by atoms with Crippen LogP contribution in [0.5, 0.6) is 0 Å². The van der Waals surface area contributed by atoms with Crippen molar-refractivity contribution >= 4 is 11.9 Å². The number of aromatic nitrogens is 2. The number of carbonyl (C=O) groups excluding carboxylic acids is 1. The Hall–Kier alpha value is -1.69. The van der Waals surface area contributed by atoms with Crippen LogP contribution in [0.3, 0.4) is 0 Å². The van der Waals surface area contributed by atoms with Crippen LogP contribution in [0.25, 0.3) is 0 Å². The molecular formula is C12H19N5O. The number of aryl methyl sites for hydroxylation is 1. The first kappa shape index (κ1) is 12.8. The van der Waals surface area contributed by atoms with Crippen LogP contribution in [0.2, 0.25) is 0 Å². The molecule has 1 aromatic heterocycles. The van der Waals surface area contributed by atoms with Gasteiger partial charge in [-0.1, -0.05) is 0 Å². The van der Waals surface area contributed by atoms with Crippen molar-refractivity contribution in [3.05, 3.63) is 18.0 Å². The summed E-state index contributed by atoms with van der Waals surface area (Å²) in [7, 11) is 0. The van der Waals surface area contributed by atoms with E-state index in [9.17, 15) is 4.79 Å². The van der Waals surface area contributed by atoms with Gasteiger partial charge in [0, 0.05) is 38.6 Å². The van der Waals surface area contributed by atoms with E-state index in [-0.39, 0.29) is 11.9 Å². The molecule has 0 spiro atoms. The molecule has 6 nitrogen and oxygen atoms in total. The molecule has 6 heteroatoms. The highest BCUT2D eigenvalue weighted by molar-refractivity contribution is 5.79. The Morgan fingerprint density at radius 2 is 1.83 bits per heavy atom. The number of hydrogen-bond donors (Lipinski definition) is 1. The summed E-state index contributed by atoms with van der Waals surface area (Å²) in [6.07, 6.45) is 3.64. The maximum absolute atomic E-state index is 11.1. The van der Waals surface area contributed by atoms with Crippen LogP contribution in [-0.4, -0.2) is 53.0 Å². The minimum Gasteiger partial charge on any atom is -0.368 e. The largest absolute Gasteiger partial charge is 0.368 e. The lowest BCUT2D eigenvalue weighted by atomic mass is 10.2.